The number of nitrogens with one attached hydrogen (secondary N) is 3. The van der Waals surface area contributed by atoms with E-state index in [0.717, 1.165) is 24.9 Å². The maximum atomic E-state index is 13.6. The van der Waals surface area contributed by atoms with Crippen LogP contribution in [-0.2, 0) is 21.3 Å². The van der Waals surface area contributed by atoms with E-state index >= 15 is 0 Å². The first kappa shape index (κ1) is 32.3. The number of carbonyl (C=O) groups is 1. The number of amides is 1. The molecule has 13 heteroatoms. The lowest BCUT2D eigenvalue weighted by Crippen LogP contribution is -2.77. The molecule has 1 saturated carbocycles. The van der Waals surface area contributed by atoms with E-state index in [0.29, 0.717) is 35.3 Å². The summed E-state index contributed by atoms with van der Waals surface area (Å²) in [6.07, 6.45) is 5.34. The third-order valence-electron chi connectivity index (χ3n) is 7.72. The Morgan fingerprint density at radius 2 is 1.98 bits per heavy atom. The van der Waals surface area contributed by atoms with Gasteiger partial charge in [-0.2, -0.15) is 4.98 Å². The summed E-state index contributed by atoms with van der Waals surface area (Å²) in [4.78, 5) is 24.4. The van der Waals surface area contributed by atoms with Crippen molar-refractivity contribution in [1.82, 2.24) is 30.2 Å². The number of hydrogen-bond acceptors (Lipinski definition) is 9. The summed E-state index contributed by atoms with van der Waals surface area (Å²) in [7, 11) is 2.04. The van der Waals surface area contributed by atoms with E-state index in [1.165, 1.54) is 0 Å². The lowest BCUT2D eigenvalue weighted by molar-refractivity contribution is -0.143. The van der Waals surface area contributed by atoms with Gasteiger partial charge in [0, 0.05) is 43.9 Å². The molecular weight excluding hydrogens is 580 g/mol. The van der Waals surface area contributed by atoms with Crippen LogP contribution in [0.3, 0.4) is 0 Å². The van der Waals surface area contributed by atoms with Crippen LogP contribution < -0.4 is 20.1 Å². The van der Waals surface area contributed by atoms with Crippen LogP contribution >= 0.6 is 11.6 Å². The number of methoxy groups -OCH3 is 1. The Balaban J connectivity index is 1.53. The number of rotatable bonds is 12. The quantitative estimate of drug-likeness (QED) is 0.242. The number of likely N-dealkylation sites (N-methyl/N-ethyl adjacent to an activating group) is 1. The van der Waals surface area contributed by atoms with E-state index in [-0.39, 0.29) is 23.0 Å². The minimum Gasteiger partial charge on any atom is -0.437 e. The molecule has 230 valence electrons. The lowest BCUT2D eigenvalue weighted by Gasteiger charge is -2.62. The SMILES string of the molecule is COC12CC(C(C(C)(C)C)=CC1NC(=O)c1ccc(Cl)c(Oc3ccnc(CNCCN(C)C)n3)c1)C2NS(C)(=O)=O. The molecule has 2 bridgehead atoms. The van der Waals surface area contributed by atoms with Crippen molar-refractivity contribution in [3.63, 3.8) is 0 Å². The Morgan fingerprint density at radius 1 is 1.24 bits per heavy atom. The number of aromatic nitrogens is 2. The first-order valence-electron chi connectivity index (χ1n) is 13.8. The molecule has 1 fully saturated rings. The molecule has 4 unspecified atom stereocenters. The third kappa shape index (κ3) is 7.29. The van der Waals surface area contributed by atoms with E-state index in [4.69, 9.17) is 21.1 Å². The first-order chi connectivity index (χ1) is 19.6. The predicted octanol–water partition coefficient (Wildman–Crippen LogP) is 2.98. The van der Waals surface area contributed by atoms with Gasteiger partial charge in [-0.1, -0.05) is 44.0 Å². The fourth-order valence-electron chi connectivity index (χ4n) is 5.63. The molecule has 0 aliphatic heterocycles. The van der Waals surface area contributed by atoms with Gasteiger partial charge in [0.05, 0.1) is 29.9 Å². The molecule has 42 heavy (non-hydrogen) atoms. The molecule has 3 aliphatic rings. The van der Waals surface area contributed by atoms with Crippen LogP contribution in [0.5, 0.6) is 11.6 Å². The van der Waals surface area contributed by atoms with Crippen LogP contribution in [0.25, 0.3) is 0 Å². The maximum absolute atomic E-state index is 13.6. The van der Waals surface area contributed by atoms with Crippen LogP contribution in [0.2, 0.25) is 5.02 Å². The van der Waals surface area contributed by atoms with Gasteiger partial charge >= 0.3 is 0 Å². The van der Waals surface area contributed by atoms with Gasteiger partial charge in [-0.15, -0.1) is 0 Å². The minimum atomic E-state index is -3.52. The summed E-state index contributed by atoms with van der Waals surface area (Å²) in [5, 5.41) is 6.68. The normalized spacial score (nSPS) is 23.7. The smallest absolute Gasteiger partial charge is 0.251 e. The molecule has 1 aromatic carbocycles. The zero-order valence-electron chi connectivity index (χ0n) is 25.2. The summed E-state index contributed by atoms with van der Waals surface area (Å²) in [6, 6.07) is 5.30. The van der Waals surface area contributed by atoms with Crippen molar-refractivity contribution in [2.75, 3.05) is 40.6 Å². The van der Waals surface area contributed by atoms with Gasteiger partial charge in [-0.25, -0.2) is 18.1 Å². The molecule has 0 spiro atoms. The highest BCUT2D eigenvalue weighted by Crippen LogP contribution is 2.55. The third-order valence-corrected chi connectivity index (χ3v) is 8.71. The molecule has 1 amide bonds. The predicted molar refractivity (Wildman–Crippen MR) is 162 cm³/mol. The Hall–Kier alpha value is -2.61. The molecule has 4 atom stereocenters. The van der Waals surface area contributed by atoms with E-state index in [1.807, 2.05) is 20.2 Å². The Bertz CT molecular complexity index is 1440. The number of fused-ring (bicyclic) bond motifs is 1. The highest BCUT2D eigenvalue weighted by Gasteiger charge is 2.64. The Labute approximate surface area is 253 Å². The topological polar surface area (TPSA) is 135 Å². The number of carbonyl (C=O) groups excluding carboxylic acids is 1. The molecule has 5 rings (SSSR count). The minimum absolute atomic E-state index is 0.0238. The van der Waals surface area contributed by atoms with E-state index in [1.54, 1.807) is 37.6 Å². The second kappa shape index (κ2) is 12.6. The highest BCUT2D eigenvalue weighted by atomic mass is 35.5. The summed E-state index contributed by atoms with van der Waals surface area (Å²) >= 11 is 6.43. The van der Waals surface area contributed by atoms with Gasteiger partial charge in [0.2, 0.25) is 15.9 Å². The molecule has 11 nitrogen and oxygen atoms in total. The van der Waals surface area contributed by atoms with Crippen molar-refractivity contribution in [2.24, 2.45) is 11.3 Å². The van der Waals surface area contributed by atoms with Gasteiger partial charge in [0.1, 0.15) is 17.2 Å². The Kier molecular flexibility index (Phi) is 9.66. The van der Waals surface area contributed by atoms with Crippen molar-refractivity contribution in [3.8, 4) is 11.6 Å². The van der Waals surface area contributed by atoms with Crippen molar-refractivity contribution < 1.29 is 22.7 Å². The van der Waals surface area contributed by atoms with Crippen LogP contribution in [0.4, 0.5) is 0 Å². The van der Waals surface area contributed by atoms with Crippen LogP contribution in [0.1, 0.15) is 43.4 Å². The average molecular weight is 621 g/mol. The molecule has 2 aromatic rings. The molecular formula is C29H41ClN6O5S. The number of halogens is 1. The second-order valence-electron chi connectivity index (χ2n) is 12.2. The molecule has 1 heterocycles. The number of nitrogens with zero attached hydrogens (tertiary/aromatic N) is 3. The van der Waals surface area contributed by atoms with E-state index in [2.05, 4.69) is 51.0 Å². The van der Waals surface area contributed by atoms with Gasteiger partial charge in [-0.3, -0.25) is 4.79 Å². The summed E-state index contributed by atoms with van der Waals surface area (Å²) in [5.74, 6) is 0.734. The summed E-state index contributed by atoms with van der Waals surface area (Å²) in [5.41, 5.74) is 0.246. The molecule has 3 N–H and O–H groups in total. The maximum Gasteiger partial charge on any atom is 0.251 e. The van der Waals surface area contributed by atoms with Crippen molar-refractivity contribution in [1.29, 1.82) is 0 Å². The zero-order chi connectivity index (χ0) is 30.9. The Morgan fingerprint density at radius 3 is 2.62 bits per heavy atom. The first-order valence-corrected chi connectivity index (χ1v) is 16.1. The van der Waals surface area contributed by atoms with Crippen molar-refractivity contribution in [2.45, 2.75) is 51.4 Å². The standard InChI is InChI=1S/C29H41ClN6O5S/c1-28(2,3)20-15-23(29(40-6)16-19(20)26(29)35-42(7,38)39)33-27(37)18-8-9-21(30)22(14-18)41-25-10-11-32-24(34-25)17-31-12-13-36(4)5/h8-11,14-15,19,23,26,31,35H,12-13,16-17H2,1-7H3,(H,33,37). The second-order valence-corrected chi connectivity index (χ2v) is 14.4. The van der Waals surface area contributed by atoms with Crippen molar-refractivity contribution in [3.05, 3.63) is 58.5 Å². The molecule has 3 aliphatic carbocycles. The van der Waals surface area contributed by atoms with Crippen molar-refractivity contribution >= 4 is 27.5 Å². The summed E-state index contributed by atoms with van der Waals surface area (Å²) in [6.45, 7) is 8.38. The molecule has 1 aromatic heterocycles. The van der Waals surface area contributed by atoms with Crippen LogP contribution in [-0.4, -0.2) is 87.4 Å². The fraction of sp³-hybridized carbons (Fsp3) is 0.552. The van der Waals surface area contributed by atoms with Gasteiger partial charge in [0.25, 0.3) is 5.91 Å². The van der Waals surface area contributed by atoms with E-state index in [9.17, 15) is 13.2 Å². The van der Waals surface area contributed by atoms with Gasteiger partial charge < -0.3 is 25.0 Å². The molecule has 0 radical (unpaired) electrons. The monoisotopic (exact) mass is 620 g/mol. The van der Waals surface area contributed by atoms with E-state index < -0.39 is 27.7 Å². The highest BCUT2D eigenvalue weighted by molar-refractivity contribution is 7.88. The largest absolute Gasteiger partial charge is 0.437 e. The number of benzene rings is 1. The molecule has 0 saturated heterocycles. The van der Waals surface area contributed by atoms with Gasteiger partial charge in [0.15, 0.2) is 0 Å². The number of sulfonamides is 1. The average Bonchev–Trinajstić information content (AvgIpc) is 2.89. The number of ether oxygens (including phenoxy) is 2. The zero-order valence-corrected chi connectivity index (χ0v) is 26.8. The lowest BCUT2D eigenvalue weighted by atomic mass is 9.52. The van der Waals surface area contributed by atoms with Crippen LogP contribution in [0, 0.1) is 11.3 Å². The van der Waals surface area contributed by atoms with Crippen LogP contribution in [0.15, 0.2) is 42.1 Å². The number of hydrogen-bond donors (Lipinski definition) is 3. The van der Waals surface area contributed by atoms with Gasteiger partial charge in [-0.05, 0) is 44.1 Å². The fourth-order valence-corrected chi connectivity index (χ4v) is 6.61. The summed E-state index contributed by atoms with van der Waals surface area (Å²) < 4.78 is 39.2.